The molecule has 0 fully saturated rings. The van der Waals surface area contributed by atoms with E-state index in [2.05, 4.69) is 9.97 Å². The molecule has 0 aliphatic rings. The lowest BCUT2D eigenvalue weighted by atomic mass is 10.2. The van der Waals surface area contributed by atoms with Crippen molar-refractivity contribution in [3.8, 4) is 5.88 Å². The maximum Gasteiger partial charge on any atom is 0.433 e. The molecule has 0 spiro atoms. The van der Waals surface area contributed by atoms with Gasteiger partial charge in [-0.25, -0.2) is 9.97 Å². The van der Waals surface area contributed by atoms with Crippen LogP contribution >= 0.6 is 0 Å². The Morgan fingerprint density at radius 3 is 2.71 bits per heavy atom. The summed E-state index contributed by atoms with van der Waals surface area (Å²) in [6, 6.07) is 0.660. The van der Waals surface area contributed by atoms with Crippen molar-refractivity contribution in [2.75, 3.05) is 6.61 Å². The molecule has 1 atom stereocenters. The molecule has 1 unspecified atom stereocenters. The molecule has 0 saturated heterocycles. The van der Waals surface area contributed by atoms with Gasteiger partial charge in [-0.15, -0.1) is 0 Å². The quantitative estimate of drug-likeness (QED) is 0.863. The topological polar surface area (TPSA) is 78.1 Å². The lowest BCUT2D eigenvalue weighted by Gasteiger charge is -2.10. The molecule has 0 saturated carbocycles. The third-order valence-corrected chi connectivity index (χ3v) is 1.90. The van der Waals surface area contributed by atoms with E-state index in [1.807, 2.05) is 0 Å². The molecule has 8 heteroatoms. The van der Waals surface area contributed by atoms with Gasteiger partial charge < -0.3 is 10.5 Å². The van der Waals surface area contributed by atoms with Crippen LogP contribution in [-0.4, -0.2) is 22.5 Å². The predicted octanol–water partition coefficient (Wildman–Crippen LogP) is 0.996. The summed E-state index contributed by atoms with van der Waals surface area (Å²) in [5.41, 5.74) is 3.87. The molecule has 2 N–H and O–H groups in total. The zero-order valence-electron chi connectivity index (χ0n) is 8.86. The summed E-state index contributed by atoms with van der Waals surface area (Å²) in [5.74, 6) is -1.46. The standard InChI is InChI=1S/C9H10F3N3O2/c1-5(8(13)16)3-17-7-2-6(9(10,11)12)14-4-15-7/h2,4-5H,3H2,1H3,(H2,13,16). The van der Waals surface area contributed by atoms with Crippen molar-refractivity contribution < 1.29 is 22.7 Å². The minimum Gasteiger partial charge on any atom is -0.477 e. The van der Waals surface area contributed by atoms with Crippen LogP contribution in [0.15, 0.2) is 12.4 Å². The lowest BCUT2D eigenvalue weighted by molar-refractivity contribution is -0.141. The number of hydrogen-bond acceptors (Lipinski definition) is 4. The zero-order chi connectivity index (χ0) is 13.1. The van der Waals surface area contributed by atoms with Gasteiger partial charge in [0.05, 0.1) is 5.92 Å². The first-order valence-corrected chi connectivity index (χ1v) is 4.62. The average Bonchev–Trinajstić information content (AvgIpc) is 2.25. The van der Waals surface area contributed by atoms with Crippen molar-refractivity contribution in [1.82, 2.24) is 9.97 Å². The van der Waals surface area contributed by atoms with E-state index >= 15 is 0 Å². The van der Waals surface area contributed by atoms with Gasteiger partial charge in [-0.3, -0.25) is 4.79 Å². The van der Waals surface area contributed by atoms with Gasteiger partial charge in [0, 0.05) is 6.07 Å². The van der Waals surface area contributed by atoms with Crippen molar-refractivity contribution >= 4 is 5.91 Å². The number of aromatic nitrogens is 2. The summed E-state index contributed by atoms with van der Waals surface area (Å²) in [6.45, 7) is 1.36. The molecule has 0 aliphatic carbocycles. The first-order valence-electron chi connectivity index (χ1n) is 4.62. The smallest absolute Gasteiger partial charge is 0.433 e. The van der Waals surface area contributed by atoms with E-state index in [9.17, 15) is 18.0 Å². The Morgan fingerprint density at radius 2 is 2.18 bits per heavy atom. The number of nitrogens with two attached hydrogens (primary N) is 1. The monoisotopic (exact) mass is 249 g/mol. The van der Waals surface area contributed by atoms with Crippen LogP contribution in [0.25, 0.3) is 0 Å². The number of primary amides is 1. The highest BCUT2D eigenvalue weighted by Gasteiger charge is 2.33. The second-order valence-corrected chi connectivity index (χ2v) is 3.35. The Morgan fingerprint density at radius 1 is 1.53 bits per heavy atom. The molecule has 0 aliphatic heterocycles. The van der Waals surface area contributed by atoms with Crippen molar-refractivity contribution in [3.63, 3.8) is 0 Å². The second-order valence-electron chi connectivity index (χ2n) is 3.35. The number of alkyl halides is 3. The van der Waals surface area contributed by atoms with Crippen LogP contribution in [0.1, 0.15) is 12.6 Å². The first-order chi connectivity index (χ1) is 7.80. The van der Waals surface area contributed by atoms with Gasteiger partial charge in [0.25, 0.3) is 0 Å². The number of carbonyl (C=O) groups is 1. The molecular formula is C9H10F3N3O2. The van der Waals surface area contributed by atoms with Crippen molar-refractivity contribution in [3.05, 3.63) is 18.1 Å². The Labute approximate surface area is 94.8 Å². The van der Waals surface area contributed by atoms with Crippen LogP contribution in [-0.2, 0) is 11.0 Å². The van der Waals surface area contributed by atoms with Crippen molar-refractivity contribution in [2.45, 2.75) is 13.1 Å². The van der Waals surface area contributed by atoms with Crippen LogP contribution in [0.2, 0.25) is 0 Å². The van der Waals surface area contributed by atoms with Gasteiger partial charge in [0.2, 0.25) is 11.8 Å². The highest BCUT2D eigenvalue weighted by molar-refractivity contribution is 5.76. The van der Waals surface area contributed by atoms with Gasteiger partial charge in [0.15, 0.2) is 5.69 Å². The zero-order valence-corrected chi connectivity index (χ0v) is 8.86. The van der Waals surface area contributed by atoms with Crippen molar-refractivity contribution in [2.24, 2.45) is 11.7 Å². The van der Waals surface area contributed by atoms with E-state index in [0.29, 0.717) is 6.07 Å². The Kier molecular flexibility index (Phi) is 3.87. The molecule has 17 heavy (non-hydrogen) atoms. The highest BCUT2D eigenvalue weighted by atomic mass is 19.4. The maximum absolute atomic E-state index is 12.3. The molecule has 1 aromatic heterocycles. The number of nitrogens with zero attached hydrogens (tertiary/aromatic N) is 2. The molecular weight excluding hydrogens is 239 g/mol. The van der Waals surface area contributed by atoms with Crippen molar-refractivity contribution in [1.29, 1.82) is 0 Å². The van der Waals surface area contributed by atoms with E-state index in [1.165, 1.54) is 6.92 Å². The van der Waals surface area contributed by atoms with Gasteiger partial charge in [0.1, 0.15) is 12.9 Å². The number of amides is 1. The van der Waals surface area contributed by atoms with E-state index < -0.39 is 23.7 Å². The normalized spacial score (nSPS) is 13.2. The summed E-state index contributed by atoms with van der Waals surface area (Å²) in [5, 5.41) is 0. The van der Waals surface area contributed by atoms with E-state index in [-0.39, 0.29) is 12.5 Å². The average molecular weight is 249 g/mol. The van der Waals surface area contributed by atoms with E-state index in [0.717, 1.165) is 6.33 Å². The van der Waals surface area contributed by atoms with Crippen LogP contribution in [0, 0.1) is 5.92 Å². The maximum atomic E-state index is 12.3. The Bertz CT molecular complexity index is 409. The van der Waals surface area contributed by atoms with Crippen LogP contribution in [0.4, 0.5) is 13.2 Å². The number of ether oxygens (including phenoxy) is 1. The van der Waals surface area contributed by atoms with Gasteiger partial charge in [-0.1, -0.05) is 6.92 Å². The summed E-state index contributed by atoms with van der Waals surface area (Å²) in [6.07, 6.45) is -3.82. The van der Waals surface area contributed by atoms with Gasteiger partial charge in [-0.05, 0) is 0 Å². The molecule has 5 nitrogen and oxygen atoms in total. The number of rotatable bonds is 4. The predicted molar refractivity (Wildman–Crippen MR) is 50.9 cm³/mol. The molecule has 94 valence electrons. The fourth-order valence-electron chi connectivity index (χ4n) is 0.866. The summed E-state index contributed by atoms with van der Waals surface area (Å²) in [4.78, 5) is 17.2. The number of carbonyl (C=O) groups excluding carboxylic acids is 1. The number of hydrogen-bond donors (Lipinski definition) is 1. The molecule has 0 radical (unpaired) electrons. The molecule has 1 heterocycles. The Hall–Kier alpha value is -1.86. The third-order valence-electron chi connectivity index (χ3n) is 1.90. The SMILES string of the molecule is CC(COc1cc(C(F)(F)F)ncn1)C(N)=O. The van der Waals surface area contributed by atoms with Gasteiger partial charge >= 0.3 is 6.18 Å². The fraction of sp³-hybridized carbons (Fsp3) is 0.444. The Balaban J connectivity index is 2.70. The van der Waals surface area contributed by atoms with E-state index in [4.69, 9.17) is 10.5 Å². The molecule has 1 aromatic rings. The third kappa shape index (κ3) is 3.89. The lowest BCUT2D eigenvalue weighted by Crippen LogP contribution is -2.26. The summed E-state index contributed by atoms with van der Waals surface area (Å²) in [7, 11) is 0. The van der Waals surface area contributed by atoms with Crippen LogP contribution in [0.3, 0.4) is 0 Å². The second kappa shape index (κ2) is 4.98. The highest BCUT2D eigenvalue weighted by Crippen LogP contribution is 2.28. The largest absolute Gasteiger partial charge is 0.477 e. The molecule has 1 rings (SSSR count). The fourth-order valence-corrected chi connectivity index (χ4v) is 0.866. The molecule has 0 aromatic carbocycles. The number of halogens is 3. The summed E-state index contributed by atoms with van der Waals surface area (Å²) >= 11 is 0. The minimum atomic E-state index is -4.56. The van der Waals surface area contributed by atoms with Crippen LogP contribution < -0.4 is 10.5 Å². The minimum absolute atomic E-state index is 0.135. The molecule has 1 amide bonds. The van der Waals surface area contributed by atoms with E-state index in [1.54, 1.807) is 0 Å². The van der Waals surface area contributed by atoms with Gasteiger partial charge in [-0.2, -0.15) is 13.2 Å². The first kappa shape index (κ1) is 13.2. The van der Waals surface area contributed by atoms with Crippen LogP contribution in [0.5, 0.6) is 5.88 Å². The summed E-state index contributed by atoms with van der Waals surface area (Å²) < 4.78 is 41.7. The molecule has 0 bridgehead atoms.